The van der Waals surface area contributed by atoms with Crippen molar-refractivity contribution < 1.29 is 34.1 Å². The highest BCUT2D eigenvalue weighted by Crippen LogP contribution is 2.19. The summed E-state index contributed by atoms with van der Waals surface area (Å²) in [4.78, 5) is 47.5. The number of unbranched alkanes of at least 4 members (excludes halogenated alkanes) is 27. The Bertz CT molecular complexity index is 957. The van der Waals surface area contributed by atoms with Gasteiger partial charge in [0.2, 0.25) is 11.8 Å². The normalized spacial score (nSPS) is 12.5. The number of carboxylic acids is 1. The van der Waals surface area contributed by atoms with Crippen molar-refractivity contribution in [3.63, 3.8) is 0 Å². The van der Waals surface area contributed by atoms with Crippen LogP contribution in [0, 0.1) is 0 Å². The second-order valence-electron chi connectivity index (χ2n) is 16.2. The molecule has 0 saturated carbocycles. The molecule has 0 aliphatic heterocycles. The van der Waals surface area contributed by atoms with E-state index in [-0.39, 0.29) is 30.9 Å². The maximum Gasteiger partial charge on any atom is 0.328 e. The molecule has 0 aromatic heterocycles. The largest absolute Gasteiger partial charge is 0.480 e. The average molecular weight is 793 g/mol. The number of esters is 1. The standard InChI is InChI=1S/C47H88N2O7/c1-3-5-7-9-11-12-13-14-15-16-17-18-19-20-21-22-23-24-25-26-27-29-35-39-46(53)56-42(36-32-28-10-8-6-4-2)37-33-30-31-34-38-44(51)48-40-45(52)49-43(41-50)47(54)55/h16-17,42-43,50H,3-15,18-41H2,1-2H3,(H,48,51)(H,49,52)(H,54,55)/b17-16-. The summed E-state index contributed by atoms with van der Waals surface area (Å²) in [6, 6.07) is -1.38. The van der Waals surface area contributed by atoms with Crippen LogP contribution in [0.5, 0.6) is 0 Å². The summed E-state index contributed by atoms with van der Waals surface area (Å²) in [6.45, 7) is 3.46. The number of allylic oxidation sites excluding steroid dienone is 2. The molecule has 0 fully saturated rings. The third-order valence-electron chi connectivity index (χ3n) is 10.8. The van der Waals surface area contributed by atoms with Crippen LogP contribution in [-0.2, 0) is 23.9 Å². The summed E-state index contributed by atoms with van der Waals surface area (Å²) in [5.74, 6) is -2.32. The molecule has 0 rings (SSSR count). The van der Waals surface area contributed by atoms with Gasteiger partial charge >= 0.3 is 11.9 Å². The van der Waals surface area contributed by atoms with Gasteiger partial charge in [0, 0.05) is 12.8 Å². The number of amides is 2. The van der Waals surface area contributed by atoms with E-state index in [1.807, 2.05) is 0 Å². The zero-order chi connectivity index (χ0) is 41.2. The lowest BCUT2D eigenvalue weighted by Crippen LogP contribution is -2.47. The SMILES string of the molecule is CCCCCCCCCC/C=C\CCCCCCCCCCCCCC(=O)OC(CCCCCCCC)CCCCCCC(=O)NCC(=O)NC(CO)C(=O)O. The van der Waals surface area contributed by atoms with Gasteiger partial charge in [-0.15, -0.1) is 0 Å². The predicted octanol–water partition coefficient (Wildman–Crippen LogP) is 11.8. The maximum atomic E-state index is 12.7. The molecule has 2 unspecified atom stereocenters. The second-order valence-corrected chi connectivity index (χ2v) is 16.2. The number of hydrogen-bond acceptors (Lipinski definition) is 6. The van der Waals surface area contributed by atoms with Crippen LogP contribution in [-0.4, -0.2) is 59.3 Å². The lowest BCUT2D eigenvalue weighted by Gasteiger charge is -2.18. The minimum atomic E-state index is -1.38. The van der Waals surface area contributed by atoms with E-state index in [1.165, 1.54) is 154 Å². The molecule has 0 heterocycles. The number of carboxylic acid groups (broad SMARTS) is 1. The van der Waals surface area contributed by atoms with Crippen LogP contribution < -0.4 is 10.6 Å². The topological polar surface area (TPSA) is 142 Å². The van der Waals surface area contributed by atoms with Crippen LogP contribution >= 0.6 is 0 Å². The van der Waals surface area contributed by atoms with E-state index in [1.54, 1.807) is 0 Å². The Kier molecular flexibility index (Phi) is 40.4. The molecule has 328 valence electrons. The molecule has 2 amide bonds. The minimum Gasteiger partial charge on any atom is -0.480 e. The van der Waals surface area contributed by atoms with E-state index in [0.717, 1.165) is 51.4 Å². The van der Waals surface area contributed by atoms with Crippen molar-refractivity contribution in [2.75, 3.05) is 13.2 Å². The van der Waals surface area contributed by atoms with Gasteiger partial charge < -0.3 is 25.6 Å². The van der Waals surface area contributed by atoms with Gasteiger partial charge in [0.1, 0.15) is 12.1 Å². The number of aliphatic hydroxyl groups is 1. The Morgan fingerprint density at radius 1 is 0.518 bits per heavy atom. The van der Waals surface area contributed by atoms with Crippen molar-refractivity contribution in [1.82, 2.24) is 10.6 Å². The number of carbonyl (C=O) groups is 4. The molecule has 0 aromatic rings. The fourth-order valence-corrected chi connectivity index (χ4v) is 7.12. The maximum absolute atomic E-state index is 12.7. The summed E-state index contributed by atoms with van der Waals surface area (Å²) in [5.41, 5.74) is 0. The van der Waals surface area contributed by atoms with Gasteiger partial charge in [-0.3, -0.25) is 14.4 Å². The van der Waals surface area contributed by atoms with E-state index >= 15 is 0 Å². The number of aliphatic hydroxyl groups excluding tert-OH is 1. The Morgan fingerprint density at radius 3 is 1.34 bits per heavy atom. The van der Waals surface area contributed by atoms with Gasteiger partial charge in [-0.05, 0) is 64.2 Å². The highest BCUT2D eigenvalue weighted by molar-refractivity contribution is 5.87. The molecule has 9 heteroatoms. The number of hydrogen-bond donors (Lipinski definition) is 4. The van der Waals surface area contributed by atoms with Crippen molar-refractivity contribution >= 4 is 23.8 Å². The smallest absolute Gasteiger partial charge is 0.328 e. The van der Waals surface area contributed by atoms with Crippen molar-refractivity contribution in [2.45, 2.75) is 251 Å². The molecule has 0 spiro atoms. The zero-order valence-corrected chi connectivity index (χ0v) is 36.4. The molecule has 0 bridgehead atoms. The lowest BCUT2D eigenvalue weighted by atomic mass is 10.0. The predicted molar refractivity (Wildman–Crippen MR) is 232 cm³/mol. The first-order chi connectivity index (χ1) is 27.3. The molecule has 0 aromatic carbocycles. The highest BCUT2D eigenvalue weighted by atomic mass is 16.5. The first kappa shape index (κ1) is 53.6. The fourth-order valence-electron chi connectivity index (χ4n) is 7.12. The Hall–Kier alpha value is -2.42. The molecule has 0 saturated heterocycles. The van der Waals surface area contributed by atoms with Gasteiger partial charge in [0.25, 0.3) is 0 Å². The molecule has 0 radical (unpaired) electrons. The second kappa shape index (κ2) is 42.2. The molecule has 0 aliphatic rings. The lowest BCUT2D eigenvalue weighted by molar-refractivity contribution is -0.150. The molecule has 56 heavy (non-hydrogen) atoms. The number of carbonyl (C=O) groups excluding carboxylic acids is 3. The third-order valence-corrected chi connectivity index (χ3v) is 10.8. The molecule has 0 aliphatic carbocycles. The monoisotopic (exact) mass is 793 g/mol. The summed E-state index contributed by atoms with van der Waals surface area (Å²) >= 11 is 0. The first-order valence-electron chi connectivity index (χ1n) is 23.6. The fraction of sp³-hybridized carbons (Fsp3) is 0.872. The first-order valence-corrected chi connectivity index (χ1v) is 23.6. The van der Waals surface area contributed by atoms with E-state index in [0.29, 0.717) is 12.8 Å². The zero-order valence-electron chi connectivity index (χ0n) is 36.4. The van der Waals surface area contributed by atoms with E-state index < -0.39 is 24.5 Å². The van der Waals surface area contributed by atoms with Gasteiger partial charge in [-0.25, -0.2) is 4.79 Å². The van der Waals surface area contributed by atoms with Crippen molar-refractivity contribution in [3.05, 3.63) is 12.2 Å². The average Bonchev–Trinajstić information content (AvgIpc) is 3.18. The van der Waals surface area contributed by atoms with Crippen molar-refractivity contribution in [2.24, 2.45) is 0 Å². The van der Waals surface area contributed by atoms with Crippen LogP contribution in [0.4, 0.5) is 0 Å². The Balaban J connectivity index is 3.96. The third kappa shape index (κ3) is 38.5. The van der Waals surface area contributed by atoms with Crippen LogP contribution in [0.25, 0.3) is 0 Å². The molecular weight excluding hydrogens is 705 g/mol. The van der Waals surface area contributed by atoms with E-state index in [2.05, 4.69) is 36.6 Å². The molecule has 2 atom stereocenters. The van der Waals surface area contributed by atoms with Crippen LogP contribution in [0.2, 0.25) is 0 Å². The van der Waals surface area contributed by atoms with Gasteiger partial charge in [0.15, 0.2) is 0 Å². The van der Waals surface area contributed by atoms with Crippen molar-refractivity contribution in [1.29, 1.82) is 0 Å². The number of ether oxygens (including phenoxy) is 1. The van der Waals surface area contributed by atoms with Crippen LogP contribution in [0.1, 0.15) is 239 Å². The van der Waals surface area contributed by atoms with Gasteiger partial charge in [0.05, 0.1) is 13.2 Å². The minimum absolute atomic E-state index is 0.0370. The van der Waals surface area contributed by atoms with Crippen LogP contribution in [0.15, 0.2) is 12.2 Å². The molecule has 9 nitrogen and oxygen atoms in total. The van der Waals surface area contributed by atoms with Gasteiger partial charge in [-0.2, -0.15) is 0 Å². The quantitative estimate of drug-likeness (QED) is 0.0273. The Morgan fingerprint density at radius 2 is 0.911 bits per heavy atom. The summed E-state index contributed by atoms with van der Waals surface area (Å²) in [6.07, 6.45) is 45.5. The number of aliphatic carboxylic acids is 1. The Labute approximate surface area is 343 Å². The highest BCUT2D eigenvalue weighted by Gasteiger charge is 2.19. The molecular formula is C47H88N2O7. The van der Waals surface area contributed by atoms with E-state index in [4.69, 9.17) is 14.9 Å². The number of rotatable bonds is 43. The summed E-state index contributed by atoms with van der Waals surface area (Å²) in [7, 11) is 0. The summed E-state index contributed by atoms with van der Waals surface area (Å²) < 4.78 is 5.98. The summed E-state index contributed by atoms with van der Waals surface area (Å²) in [5, 5.41) is 22.5. The number of nitrogens with one attached hydrogen (secondary N) is 2. The van der Waals surface area contributed by atoms with Gasteiger partial charge in [-0.1, -0.05) is 174 Å². The van der Waals surface area contributed by atoms with E-state index in [9.17, 15) is 19.2 Å². The van der Waals surface area contributed by atoms with Crippen LogP contribution in [0.3, 0.4) is 0 Å². The molecule has 4 N–H and O–H groups in total. The van der Waals surface area contributed by atoms with Crippen molar-refractivity contribution in [3.8, 4) is 0 Å².